The maximum absolute atomic E-state index is 4.67. The van der Waals surface area contributed by atoms with Gasteiger partial charge in [0, 0.05) is 6.04 Å². The highest BCUT2D eigenvalue weighted by Gasteiger charge is 2.11. The Balaban J connectivity index is 1.73. The van der Waals surface area contributed by atoms with Crippen molar-refractivity contribution in [2.45, 2.75) is 31.8 Å². The van der Waals surface area contributed by atoms with Gasteiger partial charge in [0.25, 0.3) is 0 Å². The van der Waals surface area contributed by atoms with Crippen LogP contribution in [0.2, 0.25) is 0 Å². The Morgan fingerprint density at radius 2 is 2.50 bits per heavy atom. The number of hydrogen-bond acceptors (Lipinski definition) is 5. The largest absolute Gasteiger partial charge is 0.343 e. The standard InChI is InChI=1S/C9H16N4O/c1-2-8(3-5-10-4-1)11-6-9-12-7-14-13-9/h7-8,10-11H,1-6H2. The van der Waals surface area contributed by atoms with E-state index in [-0.39, 0.29) is 0 Å². The van der Waals surface area contributed by atoms with Crippen molar-refractivity contribution in [3.63, 3.8) is 0 Å². The molecule has 0 saturated carbocycles. The van der Waals surface area contributed by atoms with Crippen LogP contribution in [0.4, 0.5) is 0 Å². The number of nitrogens with one attached hydrogen (secondary N) is 2. The quantitative estimate of drug-likeness (QED) is 0.728. The van der Waals surface area contributed by atoms with Crippen molar-refractivity contribution in [3.05, 3.63) is 12.2 Å². The van der Waals surface area contributed by atoms with Gasteiger partial charge in [-0.1, -0.05) is 5.16 Å². The minimum atomic E-state index is 0.587. The summed E-state index contributed by atoms with van der Waals surface area (Å²) in [6, 6.07) is 0.587. The zero-order chi connectivity index (χ0) is 9.64. The zero-order valence-corrected chi connectivity index (χ0v) is 8.20. The second-order valence-corrected chi connectivity index (χ2v) is 3.61. The maximum Gasteiger partial charge on any atom is 0.213 e. The summed E-state index contributed by atoms with van der Waals surface area (Å²) in [5.41, 5.74) is 0. The summed E-state index contributed by atoms with van der Waals surface area (Å²) >= 11 is 0. The van der Waals surface area contributed by atoms with Crippen LogP contribution in [-0.2, 0) is 6.54 Å². The summed E-state index contributed by atoms with van der Waals surface area (Å²) in [6.07, 6.45) is 5.01. The first-order chi connectivity index (χ1) is 6.95. The molecule has 2 rings (SSSR count). The monoisotopic (exact) mass is 196 g/mol. The van der Waals surface area contributed by atoms with Gasteiger partial charge in [0.15, 0.2) is 5.82 Å². The lowest BCUT2D eigenvalue weighted by Crippen LogP contribution is -2.29. The molecule has 1 saturated heterocycles. The fraction of sp³-hybridized carbons (Fsp3) is 0.778. The predicted octanol–water partition coefficient (Wildman–Crippen LogP) is 0.301. The molecule has 2 heterocycles. The lowest BCUT2D eigenvalue weighted by atomic mass is 10.1. The smallest absolute Gasteiger partial charge is 0.213 e. The van der Waals surface area contributed by atoms with Crippen molar-refractivity contribution in [2.75, 3.05) is 13.1 Å². The van der Waals surface area contributed by atoms with E-state index in [0.717, 1.165) is 18.9 Å². The zero-order valence-electron chi connectivity index (χ0n) is 8.20. The van der Waals surface area contributed by atoms with Gasteiger partial charge in [-0.25, -0.2) is 0 Å². The lowest BCUT2D eigenvalue weighted by Gasteiger charge is -2.13. The van der Waals surface area contributed by atoms with Gasteiger partial charge in [-0.3, -0.25) is 0 Å². The molecule has 1 aromatic heterocycles. The van der Waals surface area contributed by atoms with Gasteiger partial charge in [-0.15, -0.1) is 0 Å². The van der Waals surface area contributed by atoms with Crippen molar-refractivity contribution >= 4 is 0 Å². The van der Waals surface area contributed by atoms with E-state index in [1.807, 2.05) is 0 Å². The molecule has 0 aliphatic carbocycles. The molecule has 14 heavy (non-hydrogen) atoms. The molecule has 1 aliphatic rings. The molecule has 78 valence electrons. The van der Waals surface area contributed by atoms with Crippen LogP contribution in [0.15, 0.2) is 10.9 Å². The molecule has 0 spiro atoms. The molecule has 1 unspecified atom stereocenters. The normalized spacial score (nSPS) is 23.3. The van der Waals surface area contributed by atoms with Crippen LogP contribution in [-0.4, -0.2) is 29.3 Å². The fourth-order valence-corrected chi connectivity index (χ4v) is 1.73. The SMILES string of the molecule is c1nc(CNC2CCCNCC2)no1. The van der Waals surface area contributed by atoms with E-state index in [1.54, 1.807) is 0 Å². The summed E-state index contributed by atoms with van der Waals surface area (Å²) in [7, 11) is 0. The topological polar surface area (TPSA) is 63.0 Å². The number of aromatic nitrogens is 2. The first-order valence-corrected chi connectivity index (χ1v) is 5.14. The van der Waals surface area contributed by atoms with Crippen molar-refractivity contribution in [3.8, 4) is 0 Å². The van der Waals surface area contributed by atoms with E-state index < -0.39 is 0 Å². The van der Waals surface area contributed by atoms with E-state index in [2.05, 4.69) is 25.3 Å². The molecule has 5 nitrogen and oxygen atoms in total. The third-order valence-corrected chi connectivity index (χ3v) is 2.53. The Labute approximate surface area is 83.3 Å². The summed E-state index contributed by atoms with van der Waals surface area (Å²) in [5, 5.41) is 10.6. The van der Waals surface area contributed by atoms with Crippen molar-refractivity contribution < 1.29 is 4.52 Å². The van der Waals surface area contributed by atoms with E-state index in [4.69, 9.17) is 0 Å². The lowest BCUT2D eigenvalue weighted by molar-refractivity contribution is 0.399. The number of rotatable bonds is 3. The third-order valence-electron chi connectivity index (χ3n) is 2.53. The minimum absolute atomic E-state index is 0.587. The van der Waals surface area contributed by atoms with Gasteiger partial charge in [-0.2, -0.15) is 4.98 Å². The average molecular weight is 196 g/mol. The molecule has 5 heteroatoms. The fourth-order valence-electron chi connectivity index (χ4n) is 1.73. The second kappa shape index (κ2) is 5.07. The molecule has 0 bridgehead atoms. The second-order valence-electron chi connectivity index (χ2n) is 3.61. The maximum atomic E-state index is 4.67. The van der Waals surface area contributed by atoms with E-state index >= 15 is 0 Å². The summed E-state index contributed by atoms with van der Waals surface area (Å²) < 4.78 is 4.67. The highest BCUT2D eigenvalue weighted by molar-refractivity contribution is 4.80. The first kappa shape index (κ1) is 9.61. The van der Waals surface area contributed by atoms with Crippen LogP contribution < -0.4 is 10.6 Å². The highest BCUT2D eigenvalue weighted by Crippen LogP contribution is 2.05. The van der Waals surface area contributed by atoms with E-state index in [1.165, 1.54) is 25.7 Å². The van der Waals surface area contributed by atoms with E-state index in [9.17, 15) is 0 Å². The molecule has 2 N–H and O–H groups in total. The van der Waals surface area contributed by atoms with Gasteiger partial charge in [0.2, 0.25) is 6.39 Å². The molecular weight excluding hydrogens is 180 g/mol. The van der Waals surface area contributed by atoms with Crippen LogP contribution >= 0.6 is 0 Å². The van der Waals surface area contributed by atoms with Crippen LogP contribution in [0, 0.1) is 0 Å². The van der Waals surface area contributed by atoms with Crippen LogP contribution in [0.1, 0.15) is 25.1 Å². The molecule has 1 atom stereocenters. The summed E-state index contributed by atoms with van der Waals surface area (Å²) in [4.78, 5) is 3.97. The average Bonchev–Trinajstić information content (AvgIpc) is 2.58. The minimum Gasteiger partial charge on any atom is -0.343 e. The van der Waals surface area contributed by atoms with Crippen molar-refractivity contribution in [1.82, 2.24) is 20.8 Å². The van der Waals surface area contributed by atoms with Gasteiger partial charge in [-0.05, 0) is 32.4 Å². The van der Waals surface area contributed by atoms with Crippen LogP contribution in [0.5, 0.6) is 0 Å². The van der Waals surface area contributed by atoms with Crippen LogP contribution in [0.3, 0.4) is 0 Å². The van der Waals surface area contributed by atoms with Crippen molar-refractivity contribution in [2.24, 2.45) is 0 Å². The highest BCUT2D eigenvalue weighted by atomic mass is 16.5. The van der Waals surface area contributed by atoms with Crippen LogP contribution in [0.25, 0.3) is 0 Å². The Morgan fingerprint density at radius 3 is 3.36 bits per heavy atom. The molecule has 0 amide bonds. The Morgan fingerprint density at radius 1 is 1.50 bits per heavy atom. The Hall–Kier alpha value is -0.940. The summed E-state index contributed by atoms with van der Waals surface area (Å²) in [5.74, 6) is 0.738. The molecule has 1 aliphatic heterocycles. The molecule has 1 aromatic rings. The summed E-state index contributed by atoms with van der Waals surface area (Å²) in [6.45, 7) is 2.95. The van der Waals surface area contributed by atoms with Gasteiger partial charge in [0.1, 0.15) is 0 Å². The predicted molar refractivity (Wildman–Crippen MR) is 51.6 cm³/mol. The van der Waals surface area contributed by atoms with Gasteiger partial charge >= 0.3 is 0 Å². The van der Waals surface area contributed by atoms with Gasteiger partial charge in [0.05, 0.1) is 6.54 Å². The molecular formula is C9H16N4O. The molecule has 0 aromatic carbocycles. The third kappa shape index (κ3) is 2.78. The number of hydrogen-bond donors (Lipinski definition) is 2. The van der Waals surface area contributed by atoms with Crippen molar-refractivity contribution in [1.29, 1.82) is 0 Å². The number of nitrogens with zero attached hydrogens (tertiary/aromatic N) is 2. The molecule has 0 radical (unpaired) electrons. The van der Waals surface area contributed by atoms with Gasteiger partial charge < -0.3 is 15.2 Å². The molecule has 1 fully saturated rings. The Bertz CT molecular complexity index is 241. The Kier molecular flexibility index (Phi) is 3.48. The van der Waals surface area contributed by atoms with E-state index in [0.29, 0.717) is 12.6 Å². The first-order valence-electron chi connectivity index (χ1n) is 5.14.